The number of esters is 1. The number of carbonyl (C=O) groups excluding carboxylic acids is 1. The largest absolute Gasteiger partial charge is 0.457 e. The zero-order valence-electron chi connectivity index (χ0n) is 9.90. The predicted molar refractivity (Wildman–Crippen MR) is 74.1 cm³/mol. The minimum Gasteiger partial charge on any atom is -0.457 e. The summed E-state index contributed by atoms with van der Waals surface area (Å²) >= 11 is 3.23. The van der Waals surface area contributed by atoms with Gasteiger partial charge in [0.1, 0.15) is 12.4 Å². The van der Waals surface area contributed by atoms with Crippen LogP contribution in [0.25, 0.3) is 0 Å². The molecule has 0 aliphatic carbocycles. The van der Waals surface area contributed by atoms with Crippen LogP contribution in [0.2, 0.25) is 0 Å². The van der Waals surface area contributed by atoms with Crippen molar-refractivity contribution in [2.75, 3.05) is 5.73 Å². The number of benzene rings is 2. The van der Waals surface area contributed by atoms with E-state index in [9.17, 15) is 9.18 Å². The molecule has 0 aliphatic rings. The molecule has 0 atom stereocenters. The molecule has 0 aromatic heterocycles. The lowest BCUT2D eigenvalue weighted by molar-refractivity contribution is 0.0470. The fraction of sp³-hybridized carbons (Fsp3) is 0.0714. The Morgan fingerprint density at radius 2 is 1.95 bits per heavy atom. The minimum atomic E-state index is -0.581. The Bertz CT molecular complexity index is 616. The molecule has 0 spiro atoms. The van der Waals surface area contributed by atoms with Crippen molar-refractivity contribution in [3.05, 3.63) is 63.9 Å². The summed E-state index contributed by atoms with van der Waals surface area (Å²) in [4.78, 5) is 11.9. The van der Waals surface area contributed by atoms with Gasteiger partial charge in [-0.15, -0.1) is 0 Å². The Labute approximate surface area is 118 Å². The first-order valence-electron chi connectivity index (χ1n) is 5.54. The van der Waals surface area contributed by atoms with Crippen molar-refractivity contribution in [1.82, 2.24) is 0 Å². The third kappa shape index (κ3) is 3.12. The van der Waals surface area contributed by atoms with Crippen molar-refractivity contribution in [3.63, 3.8) is 0 Å². The van der Waals surface area contributed by atoms with Gasteiger partial charge < -0.3 is 10.5 Å². The predicted octanol–water partition coefficient (Wildman–Crippen LogP) is 3.53. The Kier molecular flexibility index (Phi) is 4.16. The summed E-state index contributed by atoms with van der Waals surface area (Å²) in [5.74, 6) is -0.987. The maximum atomic E-state index is 13.4. The van der Waals surface area contributed by atoms with Gasteiger partial charge in [-0.25, -0.2) is 9.18 Å². The number of carbonyl (C=O) groups is 1. The Morgan fingerprint density at radius 3 is 2.68 bits per heavy atom. The van der Waals surface area contributed by atoms with E-state index in [1.807, 2.05) is 0 Å². The molecule has 0 heterocycles. The normalized spacial score (nSPS) is 10.2. The zero-order chi connectivity index (χ0) is 13.8. The van der Waals surface area contributed by atoms with Crippen LogP contribution in [0.1, 0.15) is 15.9 Å². The monoisotopic (exact) mass is 323 g/mol. The number of rotatable bonds is 3. The van der Waals surface area contributed by atoms with Gasteiger partial charge in [-0.2, -0.15) is 0 Å². The first-order chi connectivity index (χ1) is 9.09. The number of nitrogens with two attached hydrogens (primary N) is 1. The smallest absolute Gasteiger partial charge is 0.340 e. The van der Waals surface area contributed by atoms with Crippen molar-refractivity contribution in [2.24, 2.45) is 0 Å². The molecule has 98 valence electrons. The Morgan fingerprint density at radius 1 is 1.21 bits per heavy atom. The number of halogens is 2. The number of para-hydroxylation sites is 1. The molecule has 2 rings (SSSR count). The molecular weight excluding hydrogens is 313 g/mol. The van der Waals surface area contributed by atoms with E-state index in [0.717, 1.165) is 0 Å². The van der Waals surface area contributed by atoms with Crippen LogP contribution in [0.5, 0.6) is 0 Å². The van der Waals surface area contributed by atoms with E-state index in [-0.39, 0.29) is 12.2 Å². The average molecular weight is 324 g/mol. The van der Waals surface area contributed by atoms with E-state index in [1.54, 1.807) is 36.4 Å². The highest BCUT2D eigenvalue weighted by Crippen LogP contribution is 2.23. The van der Waals surface area contributed by atoms with Crippen molar-refractivity contribution < 1.29 is 13.9 Å². The van der Waals surface area contributed by atoms with Crippen LogP contribution >= 0.6 is 15.9 Å². The molecule has 0 unspecified atom stereocenters. The van der Waals surface area contributed by atoms with Crippen LogP contribution in [0.15, 0.2) is 46.9 Å². The summed E-state index contributed by atoms with van der Waals surface area (Å²) in [6, 6.07) is 11.1. The summed E-state index contributed by atoms with van der Waals surface area (Å²) in [5, 5.41) is 0. The molecule has 0 radical (unpaired) electrons. The van der Waals surface area contributed by atoms with Crippen molar-refractivity contribution in [3.8, 4) is 0 Å². The van der Waals surface area contributed by atoms with Gasteiger partial charge in [0.05, 0.1) is 11.3 Å². The van der Waals surface area contributed by atoms with Gasteiger partial charge >= 0.3 is 5.97 Å². The lowest BCUT2D eigenvalue weighted by Crippen LogP contribution is -2.09. The van der Waals surface area contributed by atoms with E-state index >= 15 is 0 Å². The number of nitrogen functional groups attached to an aromatic ring is 1. The molecule has 0 amide bonds. The summed E-state index contributed by atoms with van der Waals surface area (Å²) in [6.07, 6.45) is 0. The minimum absolute atomic E-state index is 0.128. The number of ether oxygens (including phenoxy) is 1. The van der Waals surface area contributed by atoms with E-state index in [1.165, 1.54) is 6.07 Å². The maximum absolute atomic E-state index is 13.4. The molecule has 2 aromatic rings. The van der Waals surface area contributed by atoms with Crippen LogP contribution in [0, 0.1) is 5.82 Å². The molecule has 0 saturated heterocycles. The third-order valence-corrected chi connectivity index (χ3v) is 3.28. The highest BCUT2D eigenvalue weighted by atomic mass is 79.9. The molecule has 3 nitrogen and oxygen atoms in total. The summed E-state index contributed by atoms with van der Waals surface area (Å²) in [6.45, 7) is -0.128. The molecule has 0 aliphatic heterocycles. The van der Waals surface area contributed by atoms with E-state index in [2.05, 4.69) is 15.9 Å². The number of hydrogen-bond donors (Lipinski definition) is 1. The molecule has 2 aromatic carbocycles. The molecule has 19 heavy (non-hydrogen) atoms. The fourth-order valence-corrected chi connectivity index (χ4v) is 1.92. The maximum Gasteiger partial charge on any atom is 0.340 e. The van der Waals surface area contributed by atoms with Crippen LogP contribution in [-0.2, 0) is 11.3 Å². The lowest BCUT2D eigenvalue weighted by atomic mass is 10.2. The standard InChI is InChI=1S/C14H11BrFNO2/c15-11-6-3-5-10(13(11)17)14(18)19-8-9-4-1-2-7-12(9)16/h1-7H,8,17H2. The Hall–Kier alpha value is -1.88. The number of anilines is 1. The first-order valence-corrected chi connectivity index (χ1v) is 6.33. The molecule has 2 N–H and O–H groups in total. The van der Waals surface area contributed by atoms with Gasteiger partial charge in [0, 0.05) is 10.0 Å². The van der Waals surface area contributed by atoms with Crippen molar-refractivity contribution in [1.29, 1.82) is 0 Å². The van der Waals surface area contributed by atoms with Gasteiger partial charge in [0.15, 0.2) is 0 Å². The third-order valence-electron chi connectivity index (χ3n) is 2.59. The van der Waals surface area contributed by atoms with Gasteiger partial charge in [-0.3, -0.25) is 0 Å². The SMILES string of the molecule is Nc1c(Br)cccc1C(=O)OCc1ccccc1F. The summed E-state index contributed by atoms with van der Waals surface area (Å²) < 4.78 is 19.0. The zero-order valence-corrected chi connectivity index (χ0v) is 11.5. The molecule has 0 bridgehead atoms. The first kappa shape index (κ1) is 13.5. The lowest BCUT2D eigenvalue weighted by Gasteiger charge is -2.08. The van der Waals surface area contributed by atoms with Crippen LogP contribution in [-0.4, -0.2) is 5.97 Å². The van der Waals surface area contributed by atoms with Gasteiger partial charge in [0.2, 0.25) is 0 Å². The average Bonchev–Trinajstić information content (AvgIpc) is 2.40. The van der Waals surface area contributed by atoms with E-state index < -0.39 is 11.8 Å². The topological polar surface area (TPSA) is 52.3 Å². The van der Waals surface area contributed by atoms with Crippen molar-refractivity contribution >= 4 is 27.6 Å². The second kappa shape index (κ2) is 5.84. The van der Waals surface area contributed by atoms with Gasteiger partial charge in [0.25, 0.3) is 0 Å². The fourth-order valence-electron chi connectivity index (χ4n) is 1.55. The highest BCUT2D eigenvalue weighted by molar-refractivity contribution is 9.10. The molecule has 0 fully saturated rings. The van der Waals surface area contributed by atoms with Gasteiger partial charge in [-0.1, -0.05) is 24.3 Å². The van der Waals surface area contributed by atoms with E-state index in [4.69, 9.17) is 10.5 Å². The van der Waals surface area contributed by atoms with Crippen LogP contribution < -0.4 is 5.73 Å². The van der Waals surface area contributed by atoms with Gasteiger partial charge in [-0.05, 0) is 34.1 Å². The van der Waals surface area contributed by atoms with Crippen molar-refractivity contribution in [2.45, 2.75) is 6.61 Å². The van der Waals surface area contributed by atoms with Crippen LogP contribution in [0.4, 0.5) is 10.1 Å². The van der Waals surface area contributed by atoms with Crippen LogP contribution in [0.3, 0.4) is 0 Å². The molecular formula is C14H11BrFNO2. The quantitative estimate of drug-likeness (QED) is 0.694. The molecule has 0 saturated carbocycles. The Balaban J connectivity index is 2.10. The van der Waals surface area contributed by atoms with E-state index in [0.29, 0.717) is 15.7 Å². The molecule has 5 heteroatoms. The summed E-state index contributed by atoms with van der Waals surface area (Å²) in [7, 11) is 0. The highest BCUT2D eigenvalue weighted by Gasteiger charge is 2.13. The second-order valence-electron chi connectivity index (χ2n) is 3.87. The summed E-state index contributed by atoms with van der Waals surface area (Å²) in [5.41, 5.74) is 6.65. The second-order valence-corrected chi connectivity index (χ2v) is 4.72. The number of hydrogen-bond acceptors (Lipinski definition) is 3.